The molecule has 82 valence electrons. The van der Waals surface area contributed by atoms with Crippen molar-refractivity contribution < 1.29 is 4.79 Å². The lowest BCUT2D eigenvalue weighted by Gasteiger charge is -2.18. The molecule has 0 saturated heterocycles. The van der Waals surface area contributed by atoms with Gasteiger partial charge in [0.15, 0.2) is 0 Å². The lowest BCUT2D eigenvalue weighted by molar-refractivity contribution is -0.120. The number of carbonyl (C=O) groups is 1. The Morgan fingerprint density at radius 3 is 2.36 bits per heavy atom. The molecule has 0 aromatic carbocycles. The first-order valence-corrected chi connectivity index (χ1v) is 6.10. The lowest BCUT2D eigenvalue weighted by atomic mass is 9.87. The van der Waals surface area contributed by atoms with Crippen LogP contribution >= 0.6 is 0 Å². The molecule has 0 bridgehead atoms. The molecule has 0 heterocycles. The number of hydrogen-bond donors (Lipinski definition) is 0. The van der Waals surface area contributed by atoms with Gasteiger partial charge in [-0.25, -0.2) is 0 Å². The highest BCUT2D eigenvalue weighted by atomic mass is 16.1. The summed E-state index contributed by atoms with van der Waals surface area (Å²) in [7, 11) is 0. The Labute approximate surface area is 88.3 Å². The van der Waals surface area contributed by atoms with E-state index < -0.39 is 0 Å². The number of carbonyl (C=O) groups excluding carboxylic acids is 1. The molecular formula is C13H24O. The molecule has 0 amide bonds. The molecule has 0 aliphatic heterocycles. The normalized spacial score (nSPS) is 22.2. The van der Waals surface area contributed by atoms with Crippen LogP contribution in [0.5, 0.6) is 0 Å². The van der Waals surface area contributed by atoms with Crippen molar-refractivity contribution in [2.45, 2.75) is 59.3 Å². The Kier molecular flexibility index (Phi) is 4.64. The maximum absolute atomic E-state index is 11.1. The fourth-order valence-electron chi connectivity index (χ4n) is 2.68. The Hall–Kier alpha value is -0.330. The van der Waals surface area contributed by atoms with Gasteiger partial charge in [-0.3, -0.25) is 4.79 Å². The summed E-state index contributed by atoms with van der Waals surface area (Å²) in [5.41, 5.74) is 0. The molecular weight excluding hydrogens is 172 g/mol. The third-order valence-electron chi connectivity index (χ3n) is 3.66. The smallest absolute Gasteiger partial charge is 0.132 e. The minimum Gasteiger partial charge on any atom is -0.300 e. The molecule has 0 aromatic heterocycles. The van der Waals surface area contributed by atoms with E-state index in [9.17, 15) is 4.79 Å². The van der Waals surface area contributed by atoms with E-state index in [-0.39, 0.29) is 5.92 Å². The molecule has 14 heavy (non-hydrogen) atoms. The zero-order valence-corrected chi connectivity index (χ0v) is 9.88. The van der Waals surface area contributed by atoms with Crippen molar-refractivity contribution in [2.24, 2.45) is 17.8 Å². The van der Waals surface area contributed by atoms with Crippen LogP contribution in [0.1, 0.15) is 59.3 Å². The maximum Gasteiger partial charge on any atom is 0.132 e. The average molecular weight is 196 g/mol. The van der Waals surface area contributed by atoms with E-state index in [0.29, 0.717) is 5.78 Å². The van der Waals surface area contributed by atoms with Crippen molar-refractivity contribution in [1.29, 1.82) is 0 Å². The van der Waals surface area contributed by atoms with Gasteiger partial charge in [0, 0.05) is 5.92 Å². The van der Waals surface area contributed by atoms with Crippen LogP contribution < -0.4 is 0 Å². The molecule has 1 fully saturated rings. The average Bonchev–Trinajstić information content (AvgIpc) is 2.56. The Morgan fingerprint density at radius 1 is 1.29 bits per heavy atom. The van der Waals surface area contributed by atoms with Gasteiger partial charge >= 0.3 is 0 Å². The molecule has 1 heteroatoms. The van der Waals surface area contributed by atoms with Crippen LogP contribution in [0.3, 0.4) is 0 Å². The predicted molar refractivity (Wildman–Crippen MR) is 60.2 cm³/mol. The van der Waals surface area contributed by atoms with E-state index in [2.05, 4.69) is 13.8 Å². The lowest BCUT2D eigenvalue weighted by Crippen LogP contribution is -2.12. The molecule has 0 N–H and O–H groups in total. The number of hydrogen-bond acceptors (Lipinski definition) is 1. The molecule has 1 aliphatic rings. The largest absolute Gasteiger partial charge is 0.300 e. The second-order valence-electron chi connectivity index (χ2n) is 5.24. The van der Waals surface area contributed by atoms with E-state index in [0.717, 1.165) is 18.3 Å². The van der Waals surface area contributed by atoms with Gasteiger partial charge in [-0.15, -0.1) is 0 Å². The standard InChI is InChI=1S/C13H24O/c1-10(8-11(2)12(3)14)9-13-6-4-5-7-13/h10-11,13H,4-9H2,1-3H3. The number of Topliss-reactive ketones (excluding diaryl/α,β-unsaturated/α-hetero) is 1. The first kappa shape index (κ1) is 11.7. The zero-order chi connectivity index (χ0) is 10.6. The Balaban J connectivity index is 2.20. The van der Waals surface area contributed by atoms with E-state index >= 15 is 0 Å². The molecule has 0 spiro atoms. The number of ketones is 1. The maximum atomic E-state index is 11.1. The van der Waals surface area contributed by atoms with Crippen molar-refractivity contribution in [1.82, 2.24) is 0 Å². The molecule has 0 radical (unpaired) electrons. The van der Waals surface area contributed by atoms with Gasteiger partial charge in [0.05, 0.1) is 0 Å². The van der Waals surface area contributed by atoms with Crippen LogP contribution in [0.2, 0.25) is 0 Å². The second-order valence-corrected chi connectivity index (χ2v) is 5.24. The summed E-state index contributed by atoms with van der Waals surface area (Å²) in [6.07, 6.45) is 8.15. The summed E-state index contributed by atoms with van der Waals surface area (Å²) in [5, 5.41) is 0. The molecule has 2 atom stereocenters. The highest BCUT2D eigenvalue weighted by Gasteiger charge is 2.19. The first-order valence-electron chi connectivity index (χ1n) is 6.10. The highest BCUT2D eigenvalue weighted by Crippen LogP contribution is 2.32. The van der Waals surface area contributed by atoms with Gasteiger partial charge in [-0.1, -0.05) is 39.5 Å². The van der Waals surface area contributed by atoms with Crippen LogP contribution in [-0.2, 0) is 4.79 Å². The minimum atomic E-state index is 0.270. The quantitative estimate of drug-likeness (QED) is 0.653. The van der Waals surface area contributed by atoms with Crippen LogP contribution in [0.4, 0.5) is 0 Å². The van der Waals surface area contributed by atoms with E-state index in [1.807, 2.05) is 0 Å². The second kappa shape index (κ2) is 5.53. The number of rotatable bonds is 5. The summed E-state index contributed by atoms with van der Waals surface area (Å²) in [4.78, 5) is 11.1. The van der Waals surface area contributed by atoms with Crippen molar-refractivity contribution in [3.63, 3.8) is 0 Å². The van der Waals surface area contributed by atoms with Crippen LogP contribution in [0.25, 0.3) is 0 Å². The fraction of sp³-hybridized carbons (Fsp3) is 0.923. The summed E-state index contributed by atoms with van der Waals surface area (Å²) < 4.78 is 0. The van der Waals surface area contributed by atoms with Gasteiger partial charge in [0.2, 0.25) is 0 Å². The van der Waals surface area contributed by atoms with Gasteiger partial charge in [-0.2, -0.15) is 0 Å². The van der Waals surface area contributed by atoms with Gasteiger partial charge in [-0.05, 0) is 31.6 Å². The molecule has 1 saturated carbocycles. The minimum absolute atomic E-state index is 0.270. The summed E-state index contributed by atoms with van der Waals surface area (Å²) in [5.74, 6) is 2.32. The Morgan fingerprint density at radius 2 is 1.86 bits per heavy atom. The molecule has 1 aliphatic carbocycles. The van der Waals surface area contributed by atoms with Crippen LogP contribution in [-0.4, -0.2) is 5.78 Å². The van der Waals surface area contributed by atoms with Crippen molar-refractivity contribution in [2.75, 3.05) is 0 Å². The van der Waals surface area contributed by atoms with Gasteiger partial charge in [0.25, 0.3) is 0 Å². The monoisotopic (exact) mass is 196 g/mol. The van der Waals surface area contributed by atoms with Gasteiger partial charge < -0.3 is 0 Å². The summed E-state index contributed by atoms with van der Waals surface area (Å²) >= 11 is 0. The third-order valence-corrected chi connectivity index (χ3v) is 3.66. The van der Waals surface area contributed by atoms with Crippen molar-refractivity contribution >= 4 is 5.78 Å². The first-order chi connectivity index (χ1) is 6.59. The van der Waals surface area contributed by atoms with Crippen molar-refractivity contribution in [3.05, 3.63) is 0 Å². The van der Waals surface area contributed by atoms with E-state index in [4.69, 9.17) is 0 Å². The molecule has 2 unspecified atom stereocenters. The molecule has 1 rings (SSSR count). The summed E-state index contributed by atoms with van der Waals surface area (Å²) in [6, 6.07) is 0. The zero-order valence-electron chi connectivity index (χ0n) is 9.88. The fourth-order valence-corrected chi connectivity index (χ4v) is 2.68. The van der Waals surface area contributed by atoms with E-state index in [1.165, 1.54) is 32.1 Å². The third kappa shape index (κ3) is 3.81. The van der Waals surface area contributed by atoms with Gasteiger partial charge in [0.1, 0.15) is 5.78 Å². The highest BCUT2D eigenvalue weighted by molar-refractivity contribution is 5.77. The van der Waals surface area contributed by atoms with E-state index in [1.54, 1.807) is 6.92 Å². The van der Waals surface area contributed by atoms with Crippen molar-refractivity contribution in [3.8, 4) is 0 Å². The summed E-state index contributed by atoms with van der Waals surface area (Å²) in [6.45, 7) is 6.08. The SMILES string of the molecule is CC(=O)C(C)CC(C)CC1CCCC1. The molecule has 0 aromatic rings. The van der Waals surface area contributed by atoms with Crippen LogP contribution in [0.15, 0.2) is 0 Å². The molecule has 1 nitrogen and oxygen atoms in total. The van der Waals surface area contributed by atoms with Crippen LogP contribution in [0, 0.1) is 17.8 Å². The Bertz CT molecular complexity index is 180. The predicted octanol–water partition coefficient (Wildman–Crippen LogP) is 3.82. The topological polar surface area (TPSA) is 17.1 Å².